The summed E-state index contributed by atoms with van der Waals surface area (Å²) >= 11 is 3.23. The standard InChI is InChI=1S/C16H16BrN3O3S/c1-23-14-4-2-3-11(7-14)12-5-6-20(10-12)24(21,22)15-8-13(17)9-19-16(15)18/h2-5,7-9H,6,10H2,1H3,(H2,18,19). The van der Waals surface area contributed by atoms with Crippen LogP contribution in [-0.4, -0.2) is 37.9 Å². The van der Waals surface area contributed by atoms with Crippen LogP contribution in [0, 0.1) is 0 Å². The zero-order chi connectivity index (χ0) is 17.3. The first-order valence-corrected chi connectivity index (χ1v) is 9.40. The van der Waals surface area contributed by atoms with E-state index < -0.39 is 10.0 Å². The van der Waals surface area contributed by atoms with Crippen molar-refractivity contribution >= 4 is 37.3 Å². The predicted molar refractivity (Wildman–Crippen MR) is 96.1 cm³/mol. The van der Waals surface area contributed by atoms with Crippen molar-refractivity contribution in [1.82, 2.24) is 9.29 Å². The summed E-state index contributed by atoms with van der Waals surface area (Å²) in [5, 5.41) is 0. The van der Waals surface area contributed by atoms with E-state index in [0.717, 1.165) is 16.9 Å². The van der Waals surface area contributed by atoms with Crippen molar-refractivity contribution < 1.29 is 13.2 Å². The van der Waals surface area contributed by atoms with Crippen LogP contribution in [0.4, 0.5) is 5.82 Å². The molecule has 6 nitrogen and oxygen atoms in total. The number of ether oxygens (including phenoxy) is 1. The van der Waals surface area contributed by atoms with Gasteiger partial charge in [0.15, 0.2) is 0 Å². The summed E-state index contributed by atoms with van der Waals surface area (Å²) in [6.45, 7) is 0.572. The van der Waals surface area contributed by atoms with Crippen LogP contribution in [-0.2, 0) is 10.0 Å². The Hall–Kier alpha value is -1.90. The van der Waals surface area contributed by atoms with Crippen molar-refractivity contribution in [2.45, 2.75) is 4.90 Å². The van der Waals surface area contributed by atoms with E-state index in [1.807, 2.05) is 30.3 Å². The molecule has 2 N–H and O–H groups in total. The number of nitrogens with two attached hydrogens (primary N) is 1. The van der Waals surface area contributed by atoms with E-state index >= 15 is 0 Å². The second kappa shape index (κ2) is 6.54. The molecule has 2 heterocycles. The molecule has 0 atom stereocenters. The molecule has 1 aliphatic heterocycles. The highest BCUT2D eigenvalue weighted by Gasteiger charge is 2.30. The maximum absolute atomic E-state index is 12.8. The molecule has 0 spiro atoms. The van der Waals surface area contributed by atoms with Crippen LogP contribution >= 0.6 is 15.9 Å². The van der Waals surface area contributed by atoms with Gasteiger partial charge in [-0.15, -0.1) is 0 Å². The smallest absolute Gasteiger partial charge is 0.247 e. The van der Waals surface area contributed by atoms with Gasteiger partial charge in [-0.3, -0.25) is 0 Å². The molecule has 0 fully saturated rings. The summed E-state index contributed by atoms with van der Waals surface area (Å²) in [6, 6.07) is 9.02. The number of nitrogens with zero attached hydrogens (tertiary/aromatic N) is 2. The Morgan fingerprint density at radius 3 is 2.88 bits per heavy atom. The molecule has 1 aliphatic rings. The molecule has 0 saturated heterocycles. The van der Waals surface area contributed by atoms with Crippen molar-refractivity contribution in [3.8, 4) is 5.75 Å². The number of benzene rings is 1. The number of halogens is 1. The first-order chi connectivity index (χ1) is 11.4. The summed E-state index contributed by atoms with van der Waals surface area (Å²) in [5.74, 6) is 0.725. The monoisotopic (exact) mass is 409 g/mol. The second-order valence-electron chi connectivity index (χ2n) is 5.30. The topological polar surface area (TPSA) is 85.5 Å². The zero-order valence-corrected chi connectivity index (χ0v) is 15.3. The van der Waals surface area contributed by atoms with E-state index in [-0.39, 0.29) is 17.3 Å². The second-order valence-corrected chi connectivity index (χ2v) is 8.12. The van der Waals surface area contributed by atoms with E-state index in [2.05, 4.69) is 20.9 Å². The molecular formula is C16H16BrN3O3S. The third-order valence-electron chi connectivity index (χ3n) is 3.79. The fourth-order valence-electron chi connectivity index (χ4n) is 2.52. The van der Waals surface area contributed by atoms with E-state index in [0.29, 0.717) is 11.0 Å². The molecule has 0 amide bonds. The molecule has 8 heteroatoms. The Morgan fingerprint density at radius 2 is 2.12 bits per heavy atom. The van der Waals surface area contributed by atoms with Crippen LogP contribution < -0.4 is 10.5 Å². The minimum atomic E-state index is -3.72. The van der Waals surface area contributed by atoms with Crippen LogP contribution in [0.1, 0.15) is 5.56 Å². The lowest BCUT2D eigenvalue weighted by atomic mass is 10.1. The number of hydrogen-bond acceptors (Lipinski definition) is 5. The SMILES string of the molecule is COc1cccc(C2=CCN(S(=O)(=O)c3cc(Br)cnc3N)C2)c1. The molecule has 0 aliphatic carbocycles. The third kappa shape index (κ3) is 3.17. The van der Waals surface area contributed by atoms with Crippen LogP contribution in [0.2, 0.25) is 0 Å². The molecule has 24 heavy (non-hydrogen) atoms. The van der Waals surface area contributed by atoms with Gasteiger partial charge in [-0.25, -0.2) is 13.4 Å². The van der Waals surface area contributed by atoms with Gasteiger partial charge >= 0.3 is 0 Å². The molecule has 0 saturated carbocycles. The molecule has 0 bridgehead atoms. The van der Waals surface area contributed by atoms with Gasteiger partial charge in [-0.2, -0.15) is 4.31 Å². The average molecular weight is 410 g/mol. The van der Waals surface area contributed by atoms with E-state index in [1.165, 1.54) is 16.6 Å². The highest BCUT2D eigenvalue weighted by molar-refractivity contribution is 9.10. The molecule has 126 valence electrons. The van der Waals surface area contributed by atoms with Crippen LogP contribution in [0.5, 0.6) is 5.75 Å². The lowest BCUT2D eigenvalue weighted by molar-refractivity contribution is 0.414. The predicted octanol–water partition coefficient (Wildman–Crippen LogP) is 2.52. The Morgan fingerprint density at radius 1 is 1.33 bits per heavy atom. The summed E-state index contributed by atoms with van der Waals surface area (Å²) in [4.78, 5) is 3.92. The van der Waals surface area contributed by atoms with Gasteiger partial charge in [0.05, 0.1) is 7.11 Å². The number of sulfonamides is 1. The van der Waals surface area contributed by atoms with Gasteiger partial charge in [-0.05, 0) is 45.3 Å². The van der Waals surface area contributed by atoms with E-state index in [9.17, 15) is 8.42 Å². The summed E-state index contributed by atoms with van der Waals surface area (Å²) < 4.78 is 32.8. The van der Waals surface area contributed by atoms with Crippen molar-refractivity contribution in [2.75, 3.05) is 25.9 Å². The first-order valence-electron chi connectivity index (χ1n) is 7.16. The number of nitrogen functional groups attached to an aromatic ring is 1. The third-order valence-corrected chi connectivity index (χ3v) is 6.07. The van der Waals surface area contributed by atoms with E-state index in [4.69, 9.17) is 10.5 Å². The lowest BCUT2D eigenvalue weighted by Crippen LogP contribution is -2.29. The Kier molecular flexibility index (Phi) is 4.62. The Balaban J connectivity index is 1.87. The van der Waals surface area contributed by atoms with Crippen molar-refractivity contribution in [3.05, 3.63) is 52.6 Å². The maximum atomic E-state index is 12.8. The summed E-state index contributed by atoms with van der Waals surface area (Å²) in [6.07, 6.45) is 3.37. The molecule has 3 rings (SSSR count). The van der Waals surface area contributed by atoms with Gasteiger partial charge in [0.1, 0.15) is 16.5 Å². The number of hydrogen-bond donors (Lipinski definition) is 1. The van der Waals surface area contributed by atoms with Crippen LogP contribution in [0.15, 0.2) is 52.0 Å². The molecule has 1 aromatic heterocycles. The fraction of sp³-hybridized carbons (Fsp3) is 0.188. The summed E-state index contributed by atoms with van der Waals surface area (Å²) in [5.41, 5.74) is 7.62. The first kappa shape index (κ1) is 16.9. The maximum Gasteiger partial charge on any atom is 0.247 e. The van der Waals surface area contributed by atoms with E-state index in [1.54, 1.807) is 7.11 Å². The largest absolute Gasteiger partial charge is 0.497 e. The Bertz CT molecular complexity index is 913. The minimum absolute atomic E-state index is 0.00645. The van der Waals surface area contributed by atoms with Gasteiger partial charge in [0, 0.05) is 23.8 Å². The Labute approximate surface area is 149 Å². The molecule has 0 unspecified atom stereocenters. The molecule has 1 aromatic carbocycles. The minimum Gasteiger partial charge on any atom is -0.497 e. The van der Waals surface area contributed by atoms with Crippen molar-refractivity contribution in [3.63, 3.8) is 0 Å². The number of methoxy groups -OCH3 is 1. The van der Waals surface area contributed by atoms with Crippen molar-refractivity contribution in [1.29, 1.82) is 0 Å². The van der Waals surface area contributed by atoms with Gasteiger partial charge in [0.2, 0.25) is 10.0 Å². The van der Waals surface area contributed by atoms with Crippen LogP contribution in [0.3, 0.4) is 0 Å². The molecule has 2 aromatic rings. The quantitative estimate of drug-likeness (QED) is 0.838. The number of rotatable bonds is 4. The molecular weight excluding hydrogens is 394 g/mol. The van der Waals surface area contributed by atoms with Gasteiger partial charge in [0.25, 0.3) is 0 Å². The highest BCUT2D eigenvalue weighted by atomic mass is 79.9. The molecule has 0 radical (unpaired) electrons. The number of aromatic nitrogens is 1. The van der Waals surface area contributed by atoms with Crippen LogP contribution in [0.25, 0.3) is 5.57 Å². The number of anilines is 1. The lowest BCUT2D eigenvalue weighted by Gasteiger charge is -2.17. The zero-order valence-electron chi connectivity index (χ0n) is 12.9. The normalized spacial score (nSPS) is 15.3. The summed E-state index contributed by atoms with van der Waals surface area (Å²) in [7, 11) is -2.12. The average Bonchev–Trinajstić information content (AvgIpc) is 3.08. The van der Waals surface area contributed by atoms with Gasteiger partial charge < -0.3 is 10.5 Å². The fourth-order valence-corrected chi connectivity index (χ4v) is 4.46. The number of pyridine rings is 1. The van der Waals surface area contributed by atoms with Crippen molar-refractivity contribution in [2.24, 2.45) is 0 Å². The van der Waals surface area contributed by atoms with Gasteiger partial charge in [-0.1, -0.05) is 18.2 Å². The highest BCUT2D eigenvalue weighted by Crippen LogP contribution is 2.30.